The van der Waals surface area contributed by atoms with E-state index in [2.05, 4.69) is 11.0 Å². The molecule has 0 aromatic heterocycles. The Bertz CT molecular complexity index is 842. The summed E-state index contributed by atoms with van der Waals surface area (Å²) in [4.78, 5) is 2.33. The molecule has 0 amide bonds. The third-order valence-corrected chi connectivity index (χ3v) is 7.01. The molecule has 2 saturated heterocycles. The van der Waals surface area contributed by atoms with Crippen LogP contribution in [-0.4, -0.2) is 61.7 Å². The number of benzene rings is 1. The summed E-state index contributed by atoms with van der Waals surface area (Å²) >= 11 is 0. The van der Waals surface area contributed by atoms with Gasteiger partial charge in [-0.05, 0) is 38.0 Å². The van der Waals surface area contributed by atoms with Crippen molar-refractivity contribution in [3.05, 3.63) is 29.3 Å². The van der Waals surface area contributed by atoms with E-state index in [0.717, 1.165) is 12.8 Å². The maximum absolute atomic E-state index is 12.1. The van der Waals surface area contributed by atoms with E-state index in [1.54, 1.807) is 23.4 Å². The Hall–Kier alpha value is -2.13. The Morgan fingerprint density at radius 2 is 1.88 bits per heavy atom. The molecule has 2 fully saturated rings. The lowest BCUT2D eigenvalue weighted by Crippen LogP contribution is -2.56. The highest BCUT2D eigenvalue weighted by atomic mass is 32.2. The van der Waals surface area contributed by atoms with Crippen molar-refractivity contribution in [2.24, 2.45) is 0 Å². The molecule has 2 aliphatic heterocycles. The van der Waals surface area contributed by atoms with Crippen LogP contribution >= 0.6 is 0 Å². The number of nitriles is 2. The number of nitrogens with zero attached hydrogens (tertiary/aromatic N) is 4. The Morgan fingerprint density at radius 3 is 2.46 bits per heavy atom. The Morgan fingerprint density at radius 1 is 1.19 bits per heavy atom. The fraction of sp³-hybridized carbons (Fsp3) is 0.556. The lowest BCUT2D eigenvalue weighted by atomic mass is 10.1. The predicted molar refractivity (Wildman–Crippen MR) is 95.9 cm³/mol. The molecule has 1 aromatic rings. The second-order valence-corrected chi connectivity index (χ2v) is 8.88. The highest BCUT2D eigenvalue weighted by molar-refractivity contribution is 7.89. The first-order valence-electron chi connectivity index (χ1n) is 8.79. The Balaban J connectivity index is 1.59. The van der Waals surface area contributed by atoms with E-state index in [4.69, 9.17) is 10.00 Å². The van der Waals surface area contributed by atoms with Crippen LogP contribution in [0, 0.1) is 22.7 Å². The summed E-state index contributed by atoms with van der Waals surface area (Å²) in [6.45, 7) is 3.90. The molecule has 0 radical (unpaired) electrons. The number of ether oxygens (including phenoxy) is 1. The average molecular weight is 374 g/mol. The molecular formula is C18H22N4O3S. The van der Waals surface area contributed by atoms with Crippen molar-refractivity contribution in [1.82, 2.24) is 9.21 Å². The van der Waals surface area contributed by atoms with Gasteiger partial charge in [-0.1, -0.05) is 0 Å². The largest absolute Gasteiger partial charge is 0.491 e. The molecule has 2 aliphatic rings. The van der Waals surface area contributed by atoms with E-state index < -0.39 is 10.0 Å². The van der Waals surface area contributed by atoms with Gasteiger partial charge in [-0.3, -0.25) is 4.90 Å². The van der Waals surface area contributed by atoms with Gasteiger partial charge >= 0.3 is 0 Å². The molecule has 2 heterocycles. The summed E-state index contributed by atoms with van der Waals surface area (Å²) in [6, 6.07) is 9.33. The summed E-state index contributed by atoms with van der Waals surface area (Å²) in [5.41, 5.74) is 0.783. The van der Waals surface area contributed by atoms with Gasteiger partial charge in [-0.25, -0.2) is 8.42 Å². The monoisotopic (exact) mass is 374 g/mol. The van der Waals surface area contributed by atoms with Crippen molar-refractivity contribution in [2.75, 3.05) is 32.0 Å². The number of fused-ring (bicyclic) bond motifs is 2. The molecule has 2 atom stereocenters. The zero-order valence-electron chi connectivity index (χ0n) is 14.8. The second kappa shape index (κ2) is 7.63. The van der Waals surface area contributed by atoms with E-state index in [-0.39, 0.29) is 17.8 Å². The minimum Gasteiger partial charge on any atom is -0.491 e. The van der Waals surface area contributed by atoms with Gasteiger partial charge in [0.2, 0.25) is 10.0 Å². The molecule has 2 bridgehead atoms. The molecular weight excluding hydrogens is 352 g/mol. The van der Waals surface area contributed by atoms with Gasteiger partial charge < -0.3 is 4.74 Å². The van der Waals surface area contributed by atoms with Gasteiger partial charge in [0.05, 0.1) is 22.9 Å². The first-order chi connectivity index (χ1) is 12.5. The quantitative estimate of drug-likeness (QED) is 0.745. The highest BCUT2D eigenvalue weighted by Crippen LogP contribution is 2.31. The fourth-order valence-electron chi connectivity index (χ4n) is 3.80. The van der Waals surface area contributed by atoms with E-state index in [9.17, 15) is 13.7 Å². The number of hydrogen-bond donors (Lipinski definition) is 0. The third kappa shape index (κ3) is 3.68. The minimum absolute atomic E-state index is 0.144. The number of sulfonamides is 1. The average Bonchev–Trinajstić information content (AvgIpc) is 2.89. The highest BCUT2D eigenvalue weighted by Gasteiger charge is 2.42. The first-order valence-corrected chi connectivity index (χ1v) is 10.4. The second-order valence-electron chi connectivity index (χ2n) is 6.62. The van der Waals surface area contributed by atoms with Gasteiger partial charge in [0.15, 0.2) is 0 Å². The fourth-order valence-corrected chi connectivity index (χ4v) is 4.96. The molecule has 26 heavy (non-hydrogen) atoms. The number of rotatable bonds is 6. The minimum atomic E-state index is -3.14. The molecule has 2 unspecified atom stereocenters. The van der Waals surface area contributed by atoms with E-state index in [1.165, 1.54) is 6.07 Å². The van der Waals surface area contributed by atoms with Crippen molar-refractivity contribution in [3.63, 3.8) is 0 Å². The van der Waals surface area contributed by atoms with Gasteiger partial charge in [-0.15, -0.1) is 0 Å². The molecule has 1 aromatic carbocycles. The summed E-state index contributed by atoms with van der Waals surface area (Å²) in [6.07, 6.45) is 2.00. The van der Waals surface area contributed by atoms with Gasteiger partial charge in [0, 0.05) is 31.7 Å². The predicted octanol–water partition coefficient (Wildman–Crippen LogP) is 1.31. The van der Waals surface area contributed by atoms with Crippen LogP contribution in [0.25, 0.3) is 0 Å². The topological polar surface area (TPSA) is 97.4 Å². The van der Waals surface area contributed by atoms with Crippen LogP contribution in [-0.2, 0) is 10.0 Å². The summed E-state index contributed by atoms with van der Waals surface area (Å²) in [7, 11) is -3.14. The molecule has 138 valence electrons. The first kappa shape index (κ1) is 18.7. The van der Waals surface area contributed by atoms with Crippen LogP contribution in [0.15, 0.2) is 18.2 Å². The van der Waals surface area contributed by atoms with Crippen molar-refractivity contribution < 1.29 is 13.2 Å². The molecule has 0 saturated carbocycles. The van der Waals surface area contributed by atoms with Gasteiger partial charge in [-0.2, -0.15) is 14.8 Å². The molecule has 8 heteroatoms. The van der Waals surface area contributed by atoms with Crippen molar-refractivity contribution in [1.29, 1.82) is 10.5 Å². The van der Waals surface area contributed by atoms with E-state index in [0.29, 0.717) is 43.1 Å². The van der Waals surface area contributed by atoms with Crippen LogP contribution < -0.4 is 4.74 Å². The molecule has 0 spiro atoms. The van der Waals surface area contributed by atoms with E-state index in [1.807, 2.05) is 6.07 Å². The summed E-state index contributed by atoms with van der Waals surface area (Å²) in [5, 5.41) is 18.1. The summed E-state index contributed by atoms with van der Waals surface area (Å²) < 4.78 is 31.7. The third-order valence-electron chi connectivity index (χ3n) is 5.19. The molecule has 3 rings (SSSR count). The van der Waals surface area contributed by atoms with Gasteiger partial charge in [0.1, 0.15) is 18.4 Å². The SMILES string of the molecule is CCS(=O)(=O)N1CC2CCC(C1)N2CCOc1ccc(C#N)cc1C#N. The van der Waals surface area contributed by atoms with Crippen LogP contribution in [0.3, 0.4) is 0 Å². The lowest BCUT2D eigenvalue weighted by Gasteiger charge is -2.40. The maximum atomic E-state index is 12.1. The van der Waals surface area contributed by atoms with Crippen LogP contribution in [0.4, 0.5) is 0 Å². The zero-order valence-corrected chi connectivity index (χ0v) is 15.6. The van der Waals surface area contributed by atoms with Crippen LogP contribution in [0.5, 0.6) is 5.75 Å². The molecule has 7 nitrogen and oxygen atoms in total. The standard InChI is InChI=1S/C18H22N4O3S/c1-2-26(23,24)21-12-16-4-5-17(13-21)22(16)7-8-25-18-6-3-14(10-19)9-15(18)11-20/h3,6,9,16-17H,2,4-5,7-8,12-13H2,1H3. The molecule has 0 N–H and O–H groups in total. The van der Waals surface area contributed by atoms with Crippen LogP contribution in [0.2, 0.25) is 0 Å². The van der Waals surface area contributed by atoms with Crippen molar-refractivity contribution in [3.8, 4) is 17.9 Å². The smallest absolute Gasteiger partial charge is 0.213 e. The van der Waals surface area contributed by atoms with Crippen LogP contribution in [0.1, 0.15) is 30.9 Å². The van der Waals surface area contributed by atoms with Crippen molar-refractivity contribution in [2.45, 2.75) is 31.8 Å². The Labute approximate surface area is 154 Å². The van der Waals surface area contributed by atoms with E-state index >= 15 is 0 Å². The Kier molecular flexibility index (Phi) is 5.47. The number of piperazine rings is 1. The number of hydrogen-bond acceptors (Lipinski definition) is 6. The zero-order chi connectivity index (χ0) is 18.7. The lowest BCUT2D eigenvalue weighted by molar-refractivity contribution is 0.0927. The van der Waals surface area contributed by atoms with Gasteiger partial charge in [0.25, 0.3) is 0 Å². The summed E-state index contributed by atoms with van der Waals surface area (Å²) in [5.74, 6) is 0.622. The normalized spacial score (nSPS) is 23.3. The maximum Gasteiger partial charge on any atom is 0.213 e. The molecule has 0 aliphatic carbocycles. The van der Waals surface area contributed by atoms with Crippen molar-refractivity contribution >= 4 is 10.0 Å².